The molecule has 1 unspecified atom stereocenters. The number of carbonyl (C=O) groups excluding carboxylic acids is 1. The van der Waals surface area contributed by atoms with Gasteiger partial charge in [0.15, 0.2) is 0 Å². The topological polar surface area (TPSA) is 48.0 Å². The van der Waals surface area contributed by atoms with Gasteiger partial charge in [0.1, 0.15) is 17.7 Å². The summed E-state index contributed by atoms with van der Waals surface area (Å²) in [4.78, 5) is 14.0. The van der Waals surface area contributed by atoms with Gasteiger partial charge in [-0.05, 0) is 112 Å². The van der Waals surface area contributed by atoms with Crippen molar-refractivity contribution in [3.8, 4) is 11.5 Å². The van der Waals surface area contributed by atoms with Crippen molar-refractivity contribution in [2.45, 2.75) is 46.8 Å². The van der Waals surface area contributed by atoms with Crippen molar-refractivity contribution in [2.24, 2.45) is 5.41 Å². The maximum atomic E-state index is 12.0. The number of rotatable bonds is 8. The van der Waals surface area contributed by atoms with Crippen LogP contribution in [0.1, 0.15) is 56.4 Å². The van der Waals surface area contributed by atoms with Gasteiger partial charge in [-0.2, -0.15) is 0 Å². The first-order chi connectivity index (χ1) is 17.6. The maximum absolute atomic E-state index is 12.0. The predicted molar refractivity (Wildman–Crippen MR) is 148 cm³/mol. The first-order valence-electron chi connectivity index (χ1n) is 12.8. The summed E-state index contributed by atoms with van der Waals surface area (Å²) in [6.07, 6.45) is 2.02. The number of hydrogen-bond donors (Lipinski definition) is 0. The van der Waals surface area contributed by atoms with Crippen LogP contribution in [0.2, 0.25) is 0 Å². The van der Waals surface area contributed by atoms with Gasteiger partial charge in [-0.3, -0.25) is 9.69 Å². The largest absolute Gasteiger partial charge is 0.475 e. The molecule has 0 saturated carbocycles. The van der Waals surface area contributed by atoms with Gasteiger partial charge in [0.2, 0.25) is 6.79 Å². The van der Waals surface area contributed by atoms with Crippen LogP contribution >= 0.6 is 0 Å². The minimum atomic E-state index is -0.559. The molecular weight excluding hydrogens is 462 g/mol. The fourth-order valence-electron chi connectivity index (χ4n) is 4.29. The zero-order chi connectivity index (χ0) is 26.6. The summed E-state index contributed by atoms with van der Waals surface area (Å²) in [5.74, 6) is 1.21. The van der Waals surface area contributed by atoms with Crippen LogP contribution in [0.3, 0.4) is 0 Å². The Balaban J connectivity index is 1.62. The zero-order valence-electron chi connectivity index (χ0n) is 22.7. The van der Waals surface area contributed by atoms with Gasteiger partial charge < -0.3 is 14.2 Å². The molecule has 194 valence electrons. The second-order valence-electron chi connectivity index (χ2n) is 10.7. The number of carbonyl (C=O) groups is 1. The molecular formula is C32H37NO4. The van der Waals surface area contributed by atoms with E-state index >= 15 is 0 Å². The number of esters is 1. The molecule has 1 aliphatic carbocycles. The maximum Gasteiger partial charge on any atom is 0.314 e. The molecule has 0 aliphatic heterocycles. The number of benzene rings is 3. The third-order valence-corrected chi connectivity index (χ3v) is 6.64. The minimum Gasteiger partial charge on any atom is -0.475 e. The third kappa shape index (κ3) is 6.41. The van der Waals surface area contributed by atoms with Crippen molar-refractivity contribution in [1.82, 2.24) is 4.90 Å². The predicted octanol–water partition coefficient (Wildman–Crippen LogP) is 6.80. The molecule has 1 aliphatic rings. The standard InChI is InChI=1S/C32H37NO4/c1-22(33(5)6)37-27-18-13-25(14-19-27)30(29-20-15-23-9-7-8-10-28(23)29)24-11-16-26(17-12-24)35-21-36-31(34)32(2,3)4/h7-14,16-19,22H,15,20-21H2,1-6H3. The normalized spacial score (nSPS) is 15.2. The lowest BCUT2D eigenvalue weighted by Gasteiger charge is -2.21. The van der Waals surface area contributed by atoms with Crippen molar-refractivity contribution in [3.63, 3.8) is 0 Å². The van der Waals surface area contributed by atoms with E-state index < -0.39 is 5.41 Å². The SMILES string of the molecule is CC(Oc1ccc(C(=C2CCc3ccccc32)c2ccc(OCOC(=O)C(C)(C)C)cc2)cc1)N(C)C. The Bertz CT molecular complexity index is 1250. The van der Waals surface area contributed by atoms with E-state index in [-0.39, 0.29) is 19.0 Å². The smallest absolute Gasteiger partial charge is 0.314 e. The molecule has 3 aromatic rings. The number of aryl methyl sites for hydroxylation is 1. The fourth-order valence-corrected chi connectivity index (χ4v) is 4.29. The Morgan fingerprint density at radius 3 is 2.05 bits per heavy atom. The van der Waals surface area contributed by atoms with E-state index in [4.69, 9.17) is 14.2 Å². The van der Waals surface area contributed by atoms with E-state index in [2.05, 4.69) is 48.5 Å². The summed E-state index contributed by atoms with van der Waals surface area (Å²) in [7, 11) is 4.00. The van der Waals surface area contributed by atoms with Gasteiger partial charge in [-0.15, -0.1) is 0 Å². The number of allylic oxidation sites excluding steroid dienone is 1. The van der Waals surface area contributed by atoms with Gasteiger partial charge in [-0.1, -0.05) is 48.5 Å². The highest BCUT2D eigenvalue weighted by atomic mass is 16.7. The molecule has 3 aromatic carbocycles. The second-order valence-corrected chi connectivity index (χ2v) is 10.7. The highest BCUT2D eigenvalue weighted by molar-refractivity contribution is 6.00. The number of ether oxygens (including phenoxy) is 3. The van der Waals surface area contributed by atoms with Crippen molar-refractivity contribution in [2.75, 3.05) is 20.9 Å². The van der Waals surface area contributed by atoms with Crippen LogP contribution in [0, 0.1) is 5.41 Å². The van der Waals surface area contributed by atoms with Crippen LogP contribution < -0.4 is 9.47 Å². The van der Waals surface area contributed by atoms with E-state index in [0.717, 1.165) is 29.7 Å². The Kier molecular flexibility index (Phi) is 8.03. The number of nitrogens with zero attached hydrogens (tertiary/aromatic N) is 1. The van der Waals surface area contributed by atoms with Crippen LogP contribution in [0.25, 0.3) is 11.1 Å². The zero-order valence-corrected chi connectivity index (χ0v) is 22.7. The highest BCUT2D eigenvalue weighted by Gasteiger charge is 2.23. The van der Waals surface area contributed by atoms with E-state index in [1.54, 1.807) is 0 Å². The quantitative estimate of drug-likeness (QED) is 0.252. The molecule has 5 heteroatoms. The molecule has 1 atom stereocenters. The minimum absolute atomic E-state index is 0.0133. The molecule has 5 nitrogen and oxygen atoms in total. The first kappa shape index (κ1) is 26.5. The molecule has 4 rings (SSSR count). The van der Waals surface area contributed by atoms with Crippen LogP contribution in [0.5, 0.6) is 11.5 Å². The average Bonchev–Trinajstić information content (AvgIpc) is 3.29. The summed E-state index contributed by atoms with van der Waals surface area (Å²) in [6.45, 7) is 7.39. The van der Waals surface area contributed by atoms with E-state index in [0.29, 0.717) is 5.75 Å². The monoisotopic (exact) mass is 499 g/mol. The molecule has 0 spiro atoms. The lowest BCUT2D eigenvalue weighted by Crippen LogP contribution is -2.30. The lowest BCUT2D eigenvalue weighted by molar-refractivity contribution is -0.159. The molecule has 0 saturated heterocycles. The Morgan fingerprint density at radius 1 is 0.865 bits per heavy atom. The highest BCUT2D eigenvalue weighted by Crippen LogP contribution is 2.41. The molecule has 0 N–H and O–H groups in total. The summed E-state index contributed by atoms with van der Waals surface area (Å²) in [5.41, 5.74) is 6.95. The van der Waals surface area contributed by atoms with Gasteiger partial charge in [0, 0.05) is 0 Å². The lowest BCUT2D eigenvalue weighted by atomic mass is 9.90. The van der Waals surface area contributed by atoms with Crippen LogP contribution in [-0.2, 0) is 16.0 Å². The van der Waals surface area contributed by atoms with Crippen LogP contribution in [0.4, 0.5) is 0 Å². The second kappa shape index (κ2) is 11.2. The van der Waals surface area contributed by atoms with Crippen molar-refractivity contribution < 1.29 is 19.0 Å². The number of hydrogen-bond acceptors (Lipinski definition) is 5. The fraction of sp³-hybridized carbons (Fsp3) is 0.344. The van der Waals surface area contributed by atoms with E-state index in [1.807, 2.05) is 71.0 Å². The van der Waals surface area contributed by atoms with Gasteiger partial charge >= 0.3 is 5.97 Å². The van der Waals surface area contributed by atoms with Crippen molar-refractivity contribution in [1.29, 1.82) is 0 Å². The summed E-state index contributed by atoms with van der Waals surface area (Å²) >= 11 is 0. The van der Waals surface area contributed by atoms with Gasteiger partial charge in [0.25, 0.3) is 0 Å². The van der Waals surface area contributed by atoms with E-state index in [1.165, 1.54) is 22.3 Å². The third-order valence-electron chi connectivity index (χ3n) is 6.64. The Labute approximate surface area is 220 Å². The van der Waals surface area contributed by atoms with Gasteiger partial charge in [-0.25, -0.2) is 0 Å². The molecule has 0 heterocycles. The summed E-state index contributed by atoms with van der Waals surface area (Å²) < 4.78 is 17.0. The molecule has 0 radical (unpaired) electrons. The first-order valence-corrected chi connectivity index (χ1v) is 12.8. The Hall–Kier alpha value is -3.57. The van der Waals surface area contributed by atoms with Crippen LogP contribution in [0.15, 0.2) is 72.8 Å². The van der Waals surface area contributed by atoms with Crippen molar-refractivity contribution in [3.05, 3.63) is 95.1 Å². The Morgan fingerprint density at radius 2 is 1.46 bits per heavy atom. The summed E-state index contributed by atoms with van der Waals surface area (Å²) in [6, 6.07) is 25.0. The average molecular weight is 500 g/mol. The molecule has 0 aromatic heterocycles. The molecule has 37 heavy (non-hydrogen) atoms. The number of fused-ring (bicyclic) bond motifs is 1. The summed E-state index contributed by atoms with van der Waals surface area (Å²) in [5, 5.41) is 0. The van der Waals surface area contributed by atoms with Crippen molar-refractivity contribution >= 4 is 17.1 Å². The molecule has 0 fully saturated rings. The van der Waals surface area contributed by atoms with Crippen LogP contribution in [-0.4, -0.2) is 38.0 Å². The molecule has 0 amide bonds. The van der Waals surface area contributed by atoms with E-state index in [9.17, 15) is 4.79 Å². The molecule has 0 bridgehead atoms. The van der Waals surface area contributed by atoms with Gasteiger partial charge in [0.05, 0.1) is 5.41 Å².